The Morgan fingerprint density at radius 3 is 2.33 bits per heavy atom. The molecule has 4 heteroatoms. The van der Waals surface area contributed by atoms with Gasteiger partial charge in [-0.25, -0.2) is 0 Å². The van der Waals surface area contributed by atoms with E-state index in [0.717, 1.165) is 32.1 Å². The fraction of sp³-hybridized carbons (Fsp3) is 0.857. The molecule has 0 aromatic rings. The molecule has 0 aliphatic heterocycles. The highest BCUT2D eigenvalue weighted by Gasteiger charge is 2.57. The van der Waals surface area contributed by atoms with Gasteiger partial charge in [0.25, 0.3) is 0 Å². The summed E-state index contributed by atoms with van der Waals surface area (Å²) in [5, 5.41) is 0. The SMILES string of the molecule is CC(C)(Cl)C(=O)OC12CC3CC(C1)C(=O)C(C3)C2. The van der Waals surface area contributed by atoms with Crippen molar-refractivity contribution >= 4 is 23.4 Å². The van der Waals surface area contributed by atoms with Crippen LogP contribution in [0.2, 0.25) is 0 Å². The standard InChI is InChI=1S/C14H19ClO3/c1-13(2,15)12(17)18-14-5-8-3-9(6-14)11(16)10(4-8)7-14/h8-10H,3-7H2,1-2H3. The highest BCUT2D eigenvalue weighted by Crippen LogP contribution is 2.55. The zero-order chi connectivity index (χ0) is 13.1. The zero-order valence-corrected chi connectivity index (χ0v) is 11.6. The number of alkyl halides is 1. The monoisotopic (exact) mass is 270 g/mol. The topological polar surface area (TPSA) is 43.4 Å². The first-order chi connectivity index (χ1) is 8.29. The van der Waals surface area contributed by atoms with Gasteiger partial charge in [0.2, 0.25) is 0 Å². The highest BCUT2D eigenvalue weighted by atomic mass is 35.5. The summed E-state index contributed by atoms with van der Waals surface area (Å²) in [6.07, 6.45) is 4.36. The van der Waals surface area contributed by atoms with Gasteiger partial charge in [0.15, 0.2) is 0 Å². The minimum atomic E-state index is -0.979. The lowest BCUT2D eigenvalue weighted by Gasteiger charge is -2.54. The summed E-state index contributed by atoms with van der Waals surface area (Å²) >= 11 is 6.01. The molecular formula is C14H19ClO3. The molecule has 3 nitrogen and oxygen atoms in total. The molecule has 0 spiro atoms. The quantitative estimate of drug-likeness (QED) is 0.572. The molecule has 0 amide bonds. The molecule has 0 N–H and O–H groups in total. The van der Waals surface area contributed by atoms with Gasteiger partial charge in [-0.1, -0.05) is 0 Å². The van der Waals surface area contributed by atoms with Gasteiger partial charge in [0.05, 0.1) is 0 Å². The van der Waals surface area contributed by atoms with Crippen LogP contribution in [0.3, 0.4) is 0 Å². The van der Waals surface area contributed by atoms with E-state index in [4.69, 9.17) is 16.3 Å². The number of rotatable bonds is 2. The summed E-state index contributed by atoms with van der Waals surface area (Å²) in [4.78, 5) is 23.0. The van der Waals surface area contributed by atoms with Gasteiger partial charge >= 0.3 is 5.97 Å². The van der Waals surface area contributed by atoms with Crippen LogP contribution in [0, 0.1) is 17.8 Å². The van der Waals surface area contributed by atoms with Crippen LogP contribution in [-0.2, 0) is 14.3 Å². The van der Waals surface area contributed by atoms with Crippen molar-refractivity contribution in [3.8, 4) is 0 Å². The first-order valence-electron chi connectivity index (χ1n) is 6.75. The smallest absolute Gasteiger partial charge is 0.327 e. The lowest BCUT2D eigenvalue weighted by atomic mass is 9.53. The Labute approximate surface area is 112 Å². The van der Waals surface area contributed by atoms with Gasteiger partial charge in [0, 0.05) is 11.8 Å². The largest absolute Gasteiger partial charge is 0.458 e. The second kappa shape index (κ2) is 3.72. The van der Waals surface area contributed by atoms with Crippen LogP contribution in [0.15, 0.2) is 0 Å². The van der Waals surface area contributed by atoms with E-state index in [2.05, 4.69) is 0 Å². The average Bonchev–Trinajstić information content (AvgIpc) is 2.22. The van der Waals surface area contributed by atoms with Gasteiger partial charge in [-0.2, -0.15) is 0 Å². The molecule has 4 aliphatic carbocycles. The van der Waals surface area contributed by atoms with Crippen LogP contribution >= 0.6 is 11.6 Å². The van der Waals surface area contributed by atoms with E-state index in [0.29, 0.717) is 11.7 Å². The lowest BCUT2D eigenvalue weighted by molar-refractivity contribution is -0.191. The van der Waals surface area contributed by atoms with Gasteiger partial charge in [0.1, 0.15) is 16.3 Å². The Balaban J connectivity index is 1.81. The molecule has 0 saturated heterocycles. The first kappa shape index (κ1) is 12.5. The minimum absolute atomic E-state index is 0.127. The summed E-state index contributed by atoms with van der Waals surface area (Å²) in [7, 11) is 0. The second-order valence-electron chi connectivity index (χ2n) is 6.79. The molecule has 4 fully saturated rings. The Morgan fingerprint density at radius 2 is 1.83 bits per heavy atom. The number of carbonyl (C=O) groups is 2. The van der Waals surface area contributed by atoms with E-state index in [1.807, 2.05) is 0 Å². The Morgan fingerprint density at radius 1 is 1.28 bits per heavy atom. The number of ether oxygens (including phenoxy) is 1. The fourth-order valence-electron chi connectivity index (χ4n) is 4.12. The van der Waals surface area contributed by atoms with E-state index in [1.54, 1.807) is 13.8 Å². The molecule has 0 heterocycles. The Bertz CT molecular complexity index is 392. The number of hydrogen-bond acceptors (Lipinski definition) is 3. The number of halogens is 1. The molecule has 4 aliphatic rings. The maximum absolute atomic E-state index is 12.0. The molecule has 4 saturated carbocycles. The van der Waals surface area contributed by atoms with Gasteiger partial charge in [-0.3, -0.25) is 9.59 Å². The van der Waals surface area contributed by atoms with Crippen molar-refractivity contribution in [1.29, 1.82) is 0 Å². The van der Waals surface area contributed by atoms with E-state index < -0.39 is 10.5 Å². The van der Waals surface area contributed by atoms with Crippen LogP contribution in [0.25, 0.3) is 0 Å². The number of hydrogen-bond donors (Lipinski definition) is 0. The molecule has 0 radical (unpaired) electrons. The predicted molar refractivity (Wildman–Crippen MR) is 67.3 cm³/mol. The second-order valence-corrected chi connectivity index (χ2v) is 7.74. The highest BCUT2D eigenvalue weighted by molar-refractivity contribution is 6.33. The Kier molecular flexibility index (Phi) is 2.58. The van der Waals surface area contributed by atoms with Crippen LogP contribution in [0.5, 0.6) is 0 Å². The molecule has 100 valence electrons. The lowest BCUT2D eigenvalue weighted by Crippen LogP contribution is -2.57. The van der Waals surface area contributed by atoms with Crippen molar-refractivity contribution in [2.24, 2.45) is 17.8 Å². The minimum Gasteiger partial charge on any atom is -0.458 e. The molecular weight excluding hydrogens is 252 g/mol. The van der Waals surface area contributed by atoms with E-state index in [-0.39, 0.29) is 17.8 Å². The maximum Gasteiger partial charge on any atom is 0.327 e. The number of Topliss-reactive ketones (excluding diaryl/α,β-unsaturated/α-hetero) is 1. The van der Waals surface area contributed by atoms with Crippen molar-refractivity contribution < 1.29 is 14.3 Å². The van der Waals surface area contributed by atoms with Crippen LogP contribution < -0.4 is 0 Å². The number of esters is 1. The summed E-state index contributed by atoms with van der Waals surface area (Å²) in [6, 6.07) is 0. The van der Waals surface area contributed by atoms with E-state index in [9.17, 15) is 9.59 Å². The predicted octanol–water partition coefficient (Wildman–Crippen LogP) is 2.69. The molecule has 4 rings (SSSR count). The van der Waals surface area contributed by atoms with Gasteiger partial charge < -0.3 is 4.74 Å². The number of carbonyl (C=O) groups excluding carboxylic acids is 2. The Hall–Kier alpha value is -0.570. The summed E-state index contributed by atoms with van der Waals surface area (Å²) in [5.74, 6) is 0.873. The van der Waals surface area contributed by atoms with Crippen LogP contribution in [0.1, 0.15) is 46.0 Å². The summed E-state index contributed by atoms with van der Waals surface area (Å²) in [5.41, 5.74) is -0.395. The molecule has 0 aromatic heterocycles. The van der Waals surface area contributed by atoms with E-state index >= 15 is 0 Å². The van der Waals surface area contributed by atoms with Crippen LogP contribution in [-0.4, -0.2) is 22.2 Å². The van der Waals surface area contributed by atoms with E-state index in [1.165, 1.54) is 0 Å². The van der Waals surface area contributed by atoms with Crippen molar-refractivity contribution in [2.75, 3.05) is 0 Å². The van der Waals surface area contributed by atoms with Crippen molar-refractivity contribution in [3.05, 3.63) is 0 Å². The maximum atomic E-state index is 12.0. The third-order valence-corrected chi connectivity index (χ3v) is 4.89. The molecule has 18 heavy (non-hydrogen) atoms. The average molecular weight is 271 g/mol. The normalized spacial score (nSPS) is 42.2. The molecule has 4 bridgehead atoms. The van der Waals surface area contributed by atoms with Crippen molar-refractivity contribution in [1.82, 2.24) is 0 Å². The summed E-state index contributed by atoms with van der Waals surface area (Å²) in [6.45, 7) is 3.31. The summed E-state index contributed by atoms with van der Waals surface area (Å²) < 4.78 is 5.74. The number of ketones is 1. The third-order valence-electron chi connectivity index (χ3n) is 4.73. The zero-order valence-electron chi connectivity index (χ0n) is 10.9. The molecule has 2 unspecified atom stereocenters. The molecule has 0 aromatic carbocycles. The first-order valence-corrected chi connectivity index (χ1v) is 7.13. The van der Waals surface area contributed by atoms with Crippen LogP contribution in [0.4, 0.5) is 0 Å². The van der Waals surface area contributed by atoms with Crippen molar-refractivity contribution in [2.45, 2.75) is 56.4 Å². The van der Waals surface area contributed by atoms with Gasteiger partial charge in [-0.15, -0.1) is 11.6 Å². The molecule has 2 atom stereocenters. The fourth-order valence-corrected chi connectivity index (χ4v) is 4.16. The third kappa shape index (κ3) is 1.87. The van der Waals surface area contributed by atoms with Gasteiger partial charge in [-0.05, 0) is 51.9 Å². The van der Waals surface area contributed by atoms with Crippen molar-refractivity contribution in [3.63, 3.8) is 0 Å².